The van der Waals surface area contributed by atoms with Crippen LogP contribution < -0.4 is 10.1 Å². The van der Waals surface area contributed by atoms with Gasteiger partial charge in [-0.15, -0.1) is 0 Å². The van der Waals surface area contributed by atoms with Crippen molar-refractivity contribution in [3.8, 4) is 5.75 Å². The van der Waals surface area contributed by atoms with Gasteiger partial charge in [0, 0.05) is 12.6 Å². The van der Waals surface area contributed by atoms with Gasteiger partial charge in [-0.25, -0.2) is 0 Å². The first-order valence-electron chi connectivity index (χ1n) is 6.69. The molecule has 17 heavy (non-hydrogen) atoms. The lowest BCUT2D eigenvalue weighted by molar-refractivity contribution is 0.305. The molecule has 0 unspecified atom stereocenters. The minimum absolute atomic E-state index is 0.738. The maximum absolute atomic E-state index is 5.62. The van der Waals surface area contributed by atoms with Gasteiger partial charge < -0.3 is 10.1 Å². The molecular weight excluding hydrogens is 212 g/mol. The Labute approximate surface area is 104 Å². The molecule has 0 bridgehead atoms. The Morgan fingerprint density at radius 1 is 1.35 bits per heavy atom. The van der Waals surface area contributed by atoms with Gasteiger partial charge in [0.05, 0.1) is 18.5 Å². The van der Waals surface area contributed by atoms with Crippen LogP contribution in [0.1, 0.15) is 44.7 Å². The van der Waals surface area contributed by atoms with E-state index in [1.54, 1.807) is 0 Å². The zero-order valence-electron chi connectivity index (χ0n) is 10.6. The van der Waals surface area contributed by atoms with Crippen molar-refractivity contribution >= 4 is 0 Å². The fourth-order valence-corrected chi connectivity index (χ4v) is 1.68. The summed E-state index contributed by atoms with van der Waals surface area (Å²) in [6.45, 7) is 3.87. The van der Waals surface area contributed by atoms with Gasteiger partial charge in [-0.3, -0.25) is 4.98 Å². The zero-order chi connectivity index (χ0) is 11.9. The Morgan fingerprint density at radius 3 is 2.88 bits per heavy atom. The summed E-state index contributed by atoms with van der Waals surface area (Å²) in [5, 5.41) is 3.45. The van der Waals surface area contributed by atoms with Crippen LogP contribution >= 0.6 is 0 Å². The van der Waals surface area contributed by atoms with E-state index in [1.165, 1.54) is 25.7 Å². The first-order chi connectivity index (χ1) is 8.38. The van der Waals surface area contributed by atoms with E-state index < -0.39 is 0 Å². The van der Waals surface area contributed by atoms with Crippen molar-refractivity contribution in [2.75, 3.05) is 6.61 Å². The van der Waals surface area contributed by atoms with Crippen LogP contribution in [0.25, 0.3) is 0 Å². The number of nitrogens with zero attached hydrogens (tertiary/aromatic N) is 1. The third-order valence-electron chi connectivity index (χ3n) is 2.96. The Kier molecular flexibility index (Phi) is 4.80. The highest BCUT2D eigenvalue weighted by atomic mass is 16.5. The van der Waals surface area contributed by atoms with Crippen LogP contribution in [0.4, 0.5) is 0 Å². The SMILES string of the molecule is CCCCCOc1ccc(CNC2CC2)nc1. The topological polar surface area (TPSA) is 34.1 Å². The Bertz CT molecular complexity index is 319. The van der Waals surface area contributed by atoms with Gasteiger partial charge in [0.1, 0.15) is 5.75 Å². The van der Waals surface area contributed by atoms with E-state index >= 15 is 0 Å². The second kappa shape index (κ2) is 6.60. The standard InChI is InChI=1S/C14H22N2O/c1-2-3-4-9-17-14-8-7-13(16-11-14)10-15-12-5-6-12/h7-8,11-12,15H,2-6,9-10H2,1H3. The number of hydrogen-bond acceptors (Lipinski definition) is 3. The first-order valence-corrected chi connectivity index (χ1v) is 6.69. The normalized spacial score (nSPS) is 14.9. The Balaban J connectivity index is 1.68. The van der Waals surface area contributed by atoms with E-state index in [0.717, 1.165) is 37.1 Å². The predicted molar refractivity (Wildman–Crippen MR) is 69.1 cm³/mol. The molecule has 1 heterocycles. The summed E-state index contributed by atoms with van der Waals surface area (Å²) in [7, 11) is 0. The lowest BCUT2D eigenvalue weighted by Crippen LogP contribution is -2.16. The van der Waals surface area contributed by atoms with Crippen molar-refractivity contribution in [1.29, 1.82) is 0 Å². The van der Waals surface area contributed by atoms with E-state index in [-0.39, 0.29) is 0 Å². The molecule has 1 aliphatic rings. The molecule has 3 heteroatoms. The van der Waals surface area contributed by atoms with Gasteiger partial charge in [0.2, 0.25) is 0 Å². The molecule has 0 atom stereocenters. The van der Waals surface area contributed by atoms with E-state index in [0.29, 0.717) is 0 Å². The minimum Gasteiger partial charge on any atom is -0.492 e. The van der Waals surface area contributed by atoms with E-state index in [1.807, 2.05) is 18.3 Å². The van der Waals surface area contributed by atoms with E-state index in [4.69, 9.17) is 4.74 Å². The summed E-state index contributed by atoms with van der Waals surface area (Å²) in [5.41, 5.74) is 1.10. The molecule has 3 nitrogen and oxygen atoms in total. The number of hydrogen-bond donors (Lipinski definition) is 1. The van der Waals surface area contributed by atoms with Crippen molar-refractivity contribution in [2.24, 2.45) is 0 Å². The predicted octanol–water partition coefficient (Wildman–Crippen LogP) is 2.90. The number of unbranched alkanes of at least 4 members (excludes halogenated alkanes) is 2. The molecule has 2 rings (SSSR count). The zero-order valence-corrected chi connectivity index (χ0v) is 10.6. The minimum atomic E-state index is 0.738. The lowest BCUT2D eigenvalue weighted by Gasteiger charge is -2.06. The summed E-state index contributed by atoms with van der Waals surface area (Å²) < 4.78 is 5.62. The molecule has 0 spiro atoms. The molecule has 94 valence electrons. The van der Waals surface area contributed by atoms with Gasteiger partial charge >= 0.3 is 0 Å². The number of ether oxygens (including phenoxy) is 1. The van der Waals surface area contributed by atoms with Gasteiger partial charge in [0.15, 0.2) is 0 Å². The molecule has 1 fully saturated rings. The number of aromatic nitrogens is 1. The van der Waals surface area contributed by atoms with Gasteiger partial charge in [-0.05, 0) is 31.4 Å². The van der Waals surface area contributed by atoms with Crippen LogP contribution in [0.3, 0.4) is 0 Å². The molecule has 1 saturated carbocycles. The van der Waals surface area contributed by atoms with Crippen LogP contribution in [0.15, 0.2) is 18.3 Å². The summed E-state index contributed by atoms with van der Waals surface area (Å²) in [6, 6.07) is 4.80. The first kappa shape index (κ1) is 12.4. The second-order valence-electron chi connectivity index (χ2n) is 4.70. The Hall–Kier alpha value is -1.09. The number of pyridine rings is 1. The lowest BCUT2D eigenvalue weighted by atomic mass is 10.3. The van der Waals surface area contributed by atoms with Gasteiger partial charge in [-0.2, -0.15) is 0 Å². The third-order valence-corrected chi connectivity index (χ3v) is 2.96. The largest absolute Gasteiger partial charge is 0.492 e. The smallest absolute Gasteiger partial charge is 0.137 e. The number of rotatable bonds is 8. The average molecular weight is 234 g/mol. The van der Waals surface area contributed by atoms with Gasteiger partial charge in [0.25, 0.3) is 0 Å². The molecule has 1 aliphatic carbocycles. The molecule has 0 amide bonds. The van der Waals surface area contributed by atoms with Gasteiger partial charge in [-0.1, -0.05) is 19.8 Å². The van der Waals surface area contributed by atoms with Crippen molar-refractivity contribution in [1.82, 2.24) is 10.3 Å². The summed E-state index contributed by atoms with van der Waals surface area (Å²) in [5.74, 6) is 0.885. The van der Waals surface area contributed by atoms with Crippen LogP contribution in [0, 0.1) is 0 Å². The average Bonchev–Trinajstić information content (AvgIpc) is 3.18. The van der Waals surface area contributed by atoms with Crippen LogP contribution in [-0.4, -0.2) is 17.6 Å². The highest BCUT2D eigenvalue weighted by molar-refractivity contribution is 5.19. The summed E-state index contributed by atoms with van der Waals surface area (Å²) >= 11 is 0. The molecule has 0 aliphatic heterocycles. The van der Waals surface area contributed by atoms with Crippen LogP contribution in [0.5, 0.6) is 5.75 Å². The van der Waals surface area contributed by atoms with Crippen LogP contribution in [0.2, 0.25) is 0 Å². The van der Waals surface area contributed by atoms with Crippen molar-refractivity contribution in [3.63, 3.8) is 0 Å². The molecular formula is C14H22N2O. The number of nitrogens with one attached hydrogen (secondary N) is 1. The third kappa shape index (κ3) is 4.73. The fourth-order valence-electron chi connectivity index (χ4n) is 1.68. The fraction of sp³-hybridized carbons (Fsp3) is 0.643. The summed E-state index contributed by atoms with van der Waals surface area (Å²) in [6.07, 6.45) is 8.05. The Morgan fingerprint density at radius 2 is 2.24 bits per heavy atom. The maximum atomic E-state index is 5.62. The van der Waals surface area contributed by atoms with Crippen molar-refractivity contribution in [2.45, 2.75) is 51.6 Å². The molecule has 1 N–H and O–H groups in total. The maximum Gasteiger partial charge on any atom is 0.137 e. The summed E-state index contributed by atoms with van der Waals surface area (Å²) in [4.78, 5) is 4.39. The quantitative estimate of drug-likeness (QED) is 0.702. The monoisotopic (exact) mass is 234 g/mol. The molecule has 0 aromatic carbocycles. The second-order valence-corrected chi connectivity index (χ2v) is 4.70. The highest BCUT2D eigenvalue weighted by Crippen LogP contribution is 2.19. The van der Waals surface area contributed by atoms with E-state index in [9.17, 15) is 0 Å². The van der Waals surface area contributed by atoms with E-state index in [2.05, 4.69) is 17.2 Å². The highest BCUT2D eigenvalue weighted by Gasteiger charge is 2.19. The van der Waals surface area contributed by atoms with Crippen molar-refractivity contribution < 1.29 is 4.74 Å². The van der Waals surface area contributed by atoms with Crippen molar-refractivity contribution in [3.05, 3.63) is 24.0 Å². The molecule has 1 aromatic heterocycles. The van der Waals surface area contributed by atoms with Crippen LogP contribution in [-0.2, 0) is 6.54 Å². The molecule has 1 aromatic rings. The molecule has 0 radical (unpaired) electrons. The molecule has 0 saturated heterocycles.